The standard InChI is InChI=1S/2C15H17NO6S2.Ca/c2*1-16(2,13-6-4-8-15(10-13)24(20,21)22)11-12-5-3-7-14(9-12)23(17,18)19;/h2*3-10H,11H2,1-2H3,(H-,17,18,19,20,21,22);/q;;+2. The second-order valence-electron chi connectivity index (χ2n) is 11.8. The third-order valence-electron chi connectivity index (χ3n) is 7.16. The van der Waals surface area contributed by atoms with Gasteiger partial charge in [0.1, 0.15) is 44.7 Å². The van der Waals surface area contributed by atoms with Crippen molar-refractivity contribution >= 4 is 89.6 Å². The van der Waals surface area contributed by atoms with Gasteiger partial charge >= 0.3 is 37.7 Å². The molecule has 4 aromatic rings. The van der Waals surface area contributed by atoms with Crippen LogP contribution in [0.4, 0.5) is 11.4 Å². The van der Waals surface area contributed by atoms with Crippen LogP contribution in [-0.4, -0.2) is 118 Å². The maximum atomic E-state index is 11.2. The van der Waals surface area contributed by atoms with Crippen LogP contribution < -0.4 is 8.97 Å². The fourth-order valence-corrected chi connectivity index (χ4v) is 6.86. The molecule has 14 nitrogen and oxygen atoms in total. The first-order chi connectivity index (χ1) is 21.8. The molecule has 0 aliphatic heterocycles. The van der Waals surface area contributed by atoms with Gasteiger partial charge in [0, 0.05) is 23.3 Å². The van der Waals surface area contributed by atoms with Crippen LogP contribution in [0.3, 0.4) is 0 Å². The number of benzene rings is 4. The van der Waals surface area contributed by atoms with Gasteiger partial charge in [-0.2, -0.15) is 16.8 Å². The van der Waals surface area contributed by atoms with E-state index in [2.05, 4.69) is 0 Å². The van der Waals surface area contributed by atoms with E-state index in [1.165, 1.54) is 72.8 Å². The summed E-state index contributed by atoms with van der Waals surface area (Å²) in [4.78, 5) is -1.07. The van der Waals surface area contributed by atoms with Crippen LogP contribution in [0.2, 0.25) is 0 Å². The molecule has 4 rings (SSSR count). The zero-order valence-corrected chi connectivity index (χ0v) is 32.3. The number of nitrogens with zero attached hydrogens (tertiary/aromatic N) is 2. The Labute approximate surface area is 316 Å². The van der Waals surface area contributed by atoms with Crippen molar-refractivity contribution in [1.82, 2.24) is 8.97 Å². The summed E-state index contributed by atoms with van der Waals surface area (Å²) in [6.45, 7) is 0.650. The van der Waals surface area contributed by atoms with Gasteiger partial charge in [0.25, 0.3) is 20.2 Å². The van der Waals surface area contributed by atoms with Crippen LogP contribution >= 0.6 is 0 Å². The van der Waals surface area contributed by atoms with E-state index in [1.807, 2.05) is 0 Å². The van der Waals surface area contributed by atoms with Crippen molar-refractivity contribution in [2.24, 2.45) is 0 Å². The topological polar surface area (TPSA) is 223 Å². The molecule has 4 aromatic carbocycles. The second-order valence-corrected chi connectivity index (χ2v) is 17.4. The Kier molecular flexibility index (Phi) is 13.9. The van der Waals surface area contributed by atoms with Crippen LogP contribution in [0.15, 0.2) is 117 Å². The SMILES string of the molecule is C[N+](C)(Cc1cccc(S(=O)(=O)O)c1)c1cccc(S(=O)(=O)[O-])c1.C[N+](C)(Cc1cccc(S(=O)(=O)O)c1)c1cccc(S(=O)(=O)[O-])c1.[Ca+2]. The molecule has 0 spiro atoms. The minimum Gasteiger partial charge on any atom is -0.744 e. The van der Waals surface area contributed by atoms with Gasteiger partial charge in [-0.1, -0.05) is 36.4 Å². The van der Waals surface area contributed by atoms with Gasteiger partial charge in [-0.25, -0.2) is 16.8 Å². The van der Waals surface area contributed by atoms with Crippen molar-refractivity contribution < 1.29 is 51.9 Å². The number of hydrogen-bond acceptors (Lipinski definition) is 10. The van der Waals surface area contributed by atoms with Crippen LogP contribution in [0.25, 0.3) is 0 Å². The van der Waals surface area contributed by atoms with Gasteiger partial charge in [-0.05, 0) is 48.5 Å². The van der Waals surface area contributed by atoms with Crippen molar-refractivity contribution in [3.8, 4) is 0 Å². The Morgan fingerprint density at radius 2 is 0.776 bits per heavy atom. The van der Waals surface area contributed by atoms with Gasteiger partial charge in [0.05, 0.1) is 47.8 Å². The maximum Gasteiger partial charge on any atom is 2.00 e. The Morgan fingerprint density at radius 3 is 1.06 bits per heavy atom. The Morgan fingerprint density at radius 1 is 0.490 bits per heavy atom. The minimum absolute atomic E-state index is 0. The normalized spacial score (nSPS) is 12.7. The van der Waals surface area contributed by atoms with Crippen molar-refractivity contribution in [1.29, 1.82) is 0 Å². The van der Waals surface area contributed by atoms with Gasteiger partial charge in [-0.15, -0.1) is 0 Å². The fourth-order valence-electron chi connectivity index (χ4n) is 4.74. The molecular weight excluding hydrogens is 749 g/mol. The molecule has 0 radical (unpaired) electrons. The smallest absolute Gasteiger partial charge is 0.744 e. The van der Waals surface area contributed by atoms with Crippen molar-refractivity contribution in [2.75, 3.05) is 28.2 Å². The molecule has 0 aliphatic rings. The molecule has 0 heterocycles. The van der Waals surface area contributed by atoms with Crippen LogP contribution in [0.5, 0.6) is 0 Å². The van der Waals surface area contributed by atoms with Crippen molar-refractivity contribution in [2.45, 2.75) is 32.7 Å². The van der Waals surface area contributed by atoms with E-state index < -0.39 is 40.5 Å². The minimum atomic E-state index is -4.56. The summed E-state index contributed by atoms with van der Waals surface area (Å²) < 4.78 is 131. The molecule has 260 valence electrons. The van der Waals surface area contributed by atoms with Gasteiger partial charge in [0.2, 0.25) is 0 Å². The Hall–Kier alpha value is -2.30. The predicted octanol–water partition coefficient (Wildman–Crippen LogP) is 2.83. The second kappa shape index (κ2) is 15.9. The molecule has 0 unspecified atom stereocenters. The fraction of sp³-hybridized carbons (Fsp3) is 0.200. The Balaban J connectivity index is 0.000000333. The van der Waals surface area contributed by atoms with Crippen LogP contribution in [0, 0.1) is 0 Å². The van der Waals surface area contributed by atoms with Crippen LogP contribution in [-0.2, 0) is 53.6 Å². The number of hydrogen-bond donors (Lipinski definition) is 2. The quantitative estimate of drug-likeness (QED) is 0.135. The largest absolute Gasteiger partial charge is 2.00 e. The van der Waals surface area contributed by atoms with E-state index in [1.54, 1.807) is 52.5 Å². The molecule has 2 N–H and O–H groups in total. The molecule has 0 amide bonds. The van der Waals surface area contributed by atoms with Gasteiger partial charge in [0.15, 0.2) is 0 Å². The maximum absolute atomic E-state index is 11.2. The molecular formula is C30H34CaN2O12S4+2. The molecule has 0 aromatic heterocycles. The molecule has 49 heavy (non-hydrogen) atoms. The summed E-state index contributed by atoms with van der Waals surface area (Å²) in [7, 11) is -10.6. The summed E-state index contributed by atoms with van der Waals surface area (Å²) in [6.07, 6.45) is 0. The van der Waals surface area contributed by atoms with E-state index in [0.717, 1.165) is 0 Å². The van der Waals surface area contributed by atoms with E-state index in [9.17, 15) is 42.8 Å². The molecule has 0 bridgehead atoms. The zero-order valence-electron chi connectivity index (χ0n) is 26.9. The van der Waals surface area contributed by atoms with E-state index in [4.69, 9.17) is 9.11 Å². The van der Waals surface area contributed by atoms with Crippen LogP contribution in [0.1, 0.15) is 11.1 Å². The average Bonchev–Trinajstić information content (AvgIpc) is 2.96. The third-order valence-corrected chi connectivity index (χ3v) is 10.5. The van der Waals surface area contributed by atoms with Crippen molar-refractivity contribution in [3.05, 3.63) is 108 Å². The monoisotopic (exact) mass is 782 g/mol. The first-order valence-electron chi connectivity index (χ1n) is 13.7. The summed E-state index contributed by atoms with van der Waals surface area (Å²) in [5.41, 5.74) is 2.41. The predicted molar refractivity (Wildman–Crippen MR) is 182 cm³/mol. The summed E-state index contributed by atoms with van der Waals surface area (Å²) in [6, 6.07) is 23.1. The van der Waals surface area contributed by atoms with E-state index in [-0.39, 0.29) is 66.3 Å². The first-order valence-corrected chi connectivity index (χ1v) is 19.4. The number of rotatable bonds is 10. The summed E-state index contributed by atoms with van der Waals surface area (Å²) in [5, 5.41) is 0. The number of quaternary nitrogens is 2. The third kappa shape index (κ3) is 12.5. The van der Waals surface area contributed by atoms with Gasteiger partial charge in [-0.3, -0.25) is 18.1 Å². The molecule has 0 fully saturated rings. The average molecular weight is 783 g/mol. The summed E-state index contributed by atoms with van der Waals surface area (Å²) >= 11 is 0. The summed E-state index contributed by atoms with van der Waals surface area (Å²) in [5.74, 6) is 0. The molecule has 19 heteroatoms. The molecule has 0 atom stereocenters. The van der Waals surface area contributed by atoms with Gasteiger partial charge < -0.3 is 9.11 Å². The van der Waals surface area contributed by atoms with E-state index >= 15 is 0 Å². The van der Waals surface area contributed by atoms with Crippen molar-refractivity contribution in [3.63, 3.8) is 0 Å². The molecule has 0 saturated carbocycles. The van der Waals surface area contributed by atoms with E-state index in [0.29, 0.717) is 35.6 Å². The zero-order chi connectivity index (χ0) is 36.3. The molecule has 0 saturated heterocycles. The first kappa shape index (κ1) is 42.9. The molecule has 0 aliphatic carbocycles. The Bertz CT molecular complexity index is 2100.